The van der Waals surface area contributed by atoms with Gasteiger partial charge >= 0.3 is 0 Å². The van der Waals surface area contributed by atoms with Crippen LogP contribution in [0.1, 0.15) is 12.0 Å². The summed E-state index contributed by atoms with van der Waals surface area (Å²) in [7, 11) is 0. The Morgan fingerprint density at radius 1 is 1.44 bits per heavy atom. The highest BCUT2D eigenvalue weighted by Crippen LogP contribution is 2.17. The summed E-state index contributed by atoms with van der Waals surface area (Å²) in [4.78, 5) is 13.0. The van der Waals surface area contributed by atoms with E-state index < -0.39 is 0 Å². The normalized spacial score (nSPS) is 18.8. The Hall–Kier alpha value is -1.00. The Labute approximate surface area is 113 Å². The van der Waals surface area contributed by atoms with Gasteiger partial charge in [0, 0.05) is 23.7 Å². The maximum Gasteiger partial charge on any atom is 0.224 e. The molecule has 0 aromatic heterocycles. The Kier molecular flexibility index (Phi) is 5.08. The van der Waals surface area contributed by atoms with Crippen molar-refractivity contribution >= 4 is 17.7 Å². The van der Waals surface area contributed by atoms with E-state index in [-0.39, 0.29) is 11.8 Å². The molecule has 0 saturated carbocycles. The van der Waals surface area contributed by atoms with Gasteiger partial charge in [0.15, 0.2) is 0 Å². The van der Waals surface area contributed by atoms with Crippen LogP contribution in [0.4, 0.5) is 0 Å². The van der Waals surface area contributed by atoms with Crippen LogP contribution in [0.2, 0.25) is 0 Å². The molecule has 3 nitrogen and oxygen atoms in total. The van der Waals surface area contributed by atoms with Gasteiger partial charge in [-0.25, -0.2) is 0 Å². The molecule has 1 fully saturated rings. The highest BCUT2D eigenvalue weighted by atomic mass is 32.2. The average Bonchev–Trinajstić information content (AvgIpc) is 2.90. The second-order valence-electron chi connectivity index (χ2n) is 4.64. The van der Waals surface area contributed by atoms with Crippen molar-refractivity contribution in [2.24, 2.45) is 5.92 Å². The van der Waals surface area contributed by atoms with Crippen LogP contribution in [-0.4, -0.2) is 31.3 Å². The van der Waals surface area contributed by atoms with E-state index in [2.05, 4.69) is 41.8 Å². The maximum absolute atomic E-state index is 11.7. The first-order valence-electron chi connectivity index (χ1n) is 6.43. The van der Waals surface area contributed by atoms with E-state index in [0.717, 1.165) is 31.8 Å². The van der Waals surface area contributed by atoms with Gasteiger partial charge in [-0.2, -0.15) is 0 Å². The number of carbonyl (C=O) groups excluding carboxylic acids is 1. The standard InChI is InChI=1S/C14H20N2OS/c1-11-2-4-13(5-3-11)18-9-8-16-14(17)12-6-7-15-10-12/h2-5,12,15H,6-10H2,1H3,(H,16,17). The largest absolute Gasteiger partial charge is 0.355 e. The number of hydrogen-bond donors (Lipinski definition) is 2. The predicted molar refractivity (Wildman–Crippen MR) is 75.9 cm³/mol. The van der Waals surface area contributed by atoms with Gasteiger partial charge in [-0.1, -0.05) is 17.7 Å². The fraction of sp³-hybridized carbons (Fsp3) is 0.500. The van der Waals surface area contributed by atoms with E-state index in [4.69, 9.17) is 0 Å². The Morgan fingerprint density at radius 3 is 2.89 bits per heavy atom. The summed E-state index contributed by atoms with van der Waals surface area (Å²) in [6, 6.07) is 8.49. The average molecular weight is 264 g/mol. The molecule has 1 aromatic rings. The van der Waals surface area contributed by atoms with Crippen LogP contribution in [0, 0.1) is 12.8 Å². The zero-order valence-electron chi connectivity index (χ0n) is 10.7. The first-order chi connectivity index (χ1) is 8.75. The lowest BCUT2D eigenvalue weighted by Crippen LogP contribution is -2.33. The van der Waals surface area contributed by atoms with E-state index in [1.807, 2.05) is 0 Å². The van der Waals surface area contributed by atoms with Crippen molar-refractivity contribution in [2.75, 3.05) is 25.4 Å². The summed E-state index contributed by atoms with van der Waals surface area (Å²) in [6.45, 7) is 4.63. The smallest absolute Gasteiger partial charge is 0.224 e. The zero-order valence-corrected chi connectivity index (χ0v) is 11.6. The van der Waals surface area contributed by atoms with Crippen LogP contribution in [-0.2, 0) is 4.79 Å². The number of aryl methyl sites for hydroxylation is 1. The first kappa shape index (κ1) is 13.4. The van der Waals surface area contributed by atoms with Crippen LogP contribution < -0.4 is 10.6 Å². The lowest BCUT2D eigenvalue weighted by molar-refractivity contribution is -0.124. The SMILES string of the molecule is Cc1ccc(SCCNC(=O)C2CCNC2)cc1. The summed E-state index contributed by atoms with van der Waals surface area (Å²) in [5.41, 5.74) is 1.28. The molecule has 1 atom stereocenters. The van der Waals surface area contributed by atoms with Gasteiger partial charge in [0.2, 0.25) is 5.91 Å². The molecule has 0 radical (unpaired) electrons. The monoisotopic (exact) mass is 264 g/mol. The quantitative estimate of drug-likeness (QED) is 0.629. The third-order valence-corrected chi connectivity index (χ3v) is 4.14. The van der Waals surface area contributed by atoms with Crippen molar-refractivity contribution in [3.63, 3.8) is 0 Å². The molecule has 2 N–H and O–H groups in total. The van der Waals surface area contributed by atoms with Crippen LogP contribution in [0.25, 0.3) is 0 Å². The van der Waals surface area contributed by atoms with Crippen LogP contribution in [0.3, 0.4) is 0 Å². The molecule has 18 heavy (non-hydrogen) atoms. The van der Waals surface area contributed by atoms with Crippen molar-refractivity contribution in [1.82, 2.24) is 10.6 Å². The van der Waals surface area contributed by atoms with Gasteiger partial charge in [-0.15, -0.1) is 11.8 Å². The molecule has 1 heterocycles. The summed E-state index contributed by atoms with van der Waals surface area (Å²) in [5.74, 6) is 1.30. The van der Waals surface area contributed by atoms with Crippen molar-refractivity contribution in [3.05, 3.63) is 29.8 Å². The second-order valence-corrected chi connectivity index (χ2v) is 5.81. The molecule has 0 spiro atoms. The van der Waals surface area contributed by atoms with Crippen LogP contribution in [0.15, 0.2) is 29.2 Å². The van der Waals surface area contributed by atoms with Crippen molar-refractivity contribution in [2.45, 2.75) is 18.2 Å². The number of thioether (sulfide) groups is 1. The minimum atomic E-state index is 0.175. The van der Waals surface area contributed by atoms with Crippen molar-refractivity contribution in [3.8, 4) is 0 Å². The van der Waals surface area contributed by atoms with Gasteiger partial charge < -0.3 is 10.6 Å². The summed E-state index contributed by atoms with van der Waals surface area (Å²) >= 11 is 1.78. The Morgan fingerprint density at radius 2 is 2.22 bits per heavy atom. The van der Waals surface area contributed by atoms with Crippen molar-refractivity contribution < 1.29 is 4.79 Å². The fourth-order valence-electron chi connectivity index (χ4n) is 2.00. The molecular formula is C14H20N2OS. The van der Waals surface area contributed by atoms with Gasteiger partial charge in [0.25, 0.3) is 0 Å². The van der Waals surface area contributed by atoms with Crippen LogP contribution >= 0.6 is 11.8 Å². The number of rotatable bonds is 5. The highest BCUT2D eigenvalue weighted by Gasteiger charge is 2.21. The zero-order chi connectivity index (χ0) is 12.8. The minimum absolute atomic E-state index is 0.175. The van der Waals surface area contributed by atoms with Crippen LogP contribution in [0.5, 0.6) is 0 Å². The predicted octanol–water partition coefficient (Wildman–Crippen LogP) is 1.81. The van der Waals surface area contributed by atoms with E-state index >= 15 is 0 Å². The molecule has 2 rings (SSSR count). The number of nitrogens with one attached hydrogen (secondary N) is 2. The van der Waals surface area contributed by atoms with E-state index in [0.29, 0.717) is 0 Å². The lowest BCUT2D eigenvalue weighted by atomic mass is 10.1. The number of hydrogen-bond acceptors (Lipinski definition) is 3. The molecule has 1 aliphatic heterocycles. The van der Waals surface area contributed by atoms with E-state index in [9.17, 15) is 4.79 Å². The molecule has 1 aromatic carbocycles. The molecule has 0 bridgehead atoms. The first-order valence-corrected chi connectivity index (χ1v) is 7.42. The molecule has 4 heteroatoms. The topological polar surface area (TPSA) is 41.1 Å². The third kappa shape index (κ3) is 4.03. The Balaban J connectivity index is 1.63. The number of amides is 1. The van der Waals surface area contributed by atoms with E-state index in [1.54, 1.807) is 11.8 Å². The van der Waals surface area contributed by atoms with Gasteiger partial charge in [-0.3, -0.25) is 4.79 Å². The minimum Gasteiger partial charge on any atom is -0.355 e. The molecule has 1 aliphatic rings. The molecule has 1 amide bonds. The van der Waals surface area contributed by atoms with Gasteiger partial charge in [0.05, 0.1) is 5.92 Å². The lowest BCUT2D eigenvalue weighted by Gasteiger charge is -2.09. The summed E-state index contributed by atoms with van der Waals surface area (Å²) < 4.78 is 0. The van der Waals surface area contributed by atoms with Gasteiger partial charge in [-0.05, 0) is 32.0 Å². The molecule has 0 aliphatic carbocycles. The maximum atomic E-state index is 11.7. The molecular weight excluding hydrogens is 244 g/mol. The Bertz CT molecular complexity index is 385. The second kappa shape index (κ2) is 6.81. The summed E-state index contributed by atoms with van der Waals surface area (Å²) in [5, 5.41) is 6.22. The van der Waals surface area contributed by atoms with Gasteiger partial charge in [0.1, 0.15) is 0 Å². The molecule has 98 valence electrons. The van der Waals surface area contributed by atoms with E-state index in [1.165, 1.54) is 10.5 Å². The number of benzene rings is 1. The molecule has 1 unspecified atom stereocenters. The van der Waals surface area contributed by atoms with Crippen molar-refractivity contribution in [1.29, 1.82) is 0 Å². The fourth-order valence-corrected chi connectivity index (χ4v) is 2.77. The number of carbonyl (C=O) groups is 1. The molecule has 1 saturated heterocycles. The summed E-state index contributed by atoms with van der Waals surface area (Å²) in [6.07, 6.45) is 0.969. The highest BCUT2D eigenvalue weighted by molar-refractivity contribution is 7.99. The third-order valence-electron chi connectivity index (χ3n) is 3.12.